The molecule has 0 bridgehead atoms. The first-order valence-electron chi connectivity index (χ1n) is 10.0. The topological polar surface area (TPSA) is 58.2 Å². The molecule has 0 saturated heterocycles. The Morgan fingerprint density at radius 3 is 2.11 bits per heavy atom. The molecule has 1 unspecified atom stereocenters. The van der Waals surface area contributed by atoms with Crippen molar-refractivity contribution in [1.82, 2.24) is 10.6 Å². The van der Waals surface area contributed by atoms with Crippen LogP contribution in [-0.4, -0.2) is 30.7 Å². The Morgan fingerprint density at radius 1 is 0.943 bits per heavy atom. The maximum Gasteiger partial charge on any atom is 0.405 e. The molecule has 0 saturated carbocycles. The molecule has 2 aromatic carbocycles. The fraction of sp³-hybridized carbons (Fsp3) is 0.304. The Morgan fingerprint density at radius 2 is 1.57 bits per heavy atom. The number of benzene rings is 2. The normalized spacial score (nSPS) is 13.1. The molecule has 2 aromatic rings. The minimum atomic E-state index is -4.67. The second-order valence-electron chi connectivity index (χ2n) is 7.65. The first-order valence-corrected chi connectivity index (χ1v) is 10.8. The van der Waals surface area contributed by atoms with Gasteiger partial charge >= 0.3 is 24.2 Å². The van der Waals surface area contributed by atoms with Gasteiger partial charge in [-0.2, -0.15) is 26.3 Å². The molecule has 12 heteroatoms. The fourth-order valence-electron chi connectivity index (χ4n) is 2.97. The SMILES string of the molecule is Cc1cc(C(/C=C/c2ccc(CNC(=O)C(=O)NCC(F)(F)F)c(Cl)c2)C(F)(F)F)cc(Cl)c1C. The lowest BCUT2D eigenvalue weighted by Crippen LogP contribution is -2.43. The summed E-state index contributed by atoms with van der Waals surface area (Å²) in [6, 6.07) is 6.90. The zero-order valence-electron chi connectivity index (χ0n) is 18.4. The largest absolute Gasteiger partial charge is 0.405 e. The minimum absolute atomic E-state index is 0.0175. The van der Waals surface area contributed by atoms with E-state index in [9.17, 15) is 35.9 Å². The summed E-state index contributed by atoms with van der Waals surface area (Å²) in [5, 5.41) is 3.84. The van der Waals surface area contributed by atoms with Crippen molar-refractivity contribution in [2.24, 2.45) is 0 Å². The zero-order valence-corrected chi connectivity index (χ0v) is 19.9. The molecule has 4 nitrogen and oxygen atoms in total. The van der Waals surface area contributed by atoms with E-state index >= 15 is 0 Å². The molecule has 2 rings (SSSR count). The molecule has 0 aliphatic heterocycles. The molecule has 0 fully saturated rings. The highest BCUT2D eigenvalue weighted by molar-refractivity contribution is 6.35. The summed E-state index contributed by atoms with van der Waals surface area (Å²) >= 11 is 12.2. The predicted octanol–water partition coefficient (Wildman–Crippen LogP) is 6.26. The molecule has 35 heavy (non-hydrogen) atoms. The van der Waals surface area contributed by atoms with E-state index in [0.29, 0.717) is 22.3 Å². The summed E-state index contributed by atoms with van der Waals surface area (Å²) in [7, 11) is 0. The van der Waals surface area contributed by atoms with E-state index in [0.717, 1.165) is 6.08 Å². The number of alkyl halides is 6. The predicted molar refractivity (Wildman–Crippen MR) is 121 cm³/mol. The summed E-state index contributed by atoms with van der Waals surface area (Å²) in [5.74, 6) is -4.69. The van der Waals surface area contributed by atoms with Gasteiger partial charge in [0.05, 0.1) is 5.92 Å². The third-order valence-corrected chi connectivity index (χ3v) is 5.74. The first-order chi connectivity index (χ1) is 16.1. The fourth-order valence-corrected chi connectivity index (χ4v) is 3.50. The van der Waals surface area contributed by atoms with Gasteiger partial charge in [0.15, 0.2) is 0 Å². The van der Waals surface area contributed by atoms with E-state index < -0.39 is 36.6 Å². The zero-order chi connectivity index (χ0) is 26.6. The van der Waals surface area contributed by atoms with E-state index in [1.807, 2.05) is 0 Å². The maximum atomic E-state index is 13.7. The van der Waals surface area contributed by atoms with Gasteiger partial charge in [-0.1, -0.05) is 53.6 Å². The van der Waals surface area contributed by atoms with Crippen LogP contribution in [0.1, 0.15) is 33.7 Å². The number of allylic oxidation sites excluding steroid dienone is 1. The first kappa shape index (κ1) is 28.5. The second-order valence-corrected chi connectivity index (χ2v) is 8.47. The monoisotopic (exact) mass is 540 g/mol. The lowest BCUT2D eigenvalue weighted by Gasteiger charge is -2.19. The summed E-state index contributed by atoms with van der Waals surface area (Å²) < 4.78 is 77.5. The molecule has 2 amide bonds. The van der Waals surface area contributed by atoms with Gasteiger partial charge in [-0.3, -0.25) is 9.59 Å². The molecule has 0 aliphatic rings. The van der Waals surface area contributed by atoms with Crippen LogP contribution in [0.25, 0.3) is 6.08 Å². The third-order valence-electron chi connectivity index (χ3n) is 4.99. The van der Waals surface area contributed by atoms with Gasteiger partial charge in [-0.05, 0) is 53.8 Å². The van der Waals surface area contributed by atoms with Crippen LogP contribution >= 0.6 is 23.2 Å². The third kappa shape index (κ3) is 8.47. The number of aryl methyl sites for hydroxylation is 1. The highest BCUT2D eigenvalue weighted by Crippen LogP contribution is 2.38. The van der Waals surface area contributed by atoms with Crippen LogP contribution in [0.15, 0.2) is 36.4 Å². The van der Waals surface area contributed by atoms with Crippen molar-refractivity contribution in [3.63, 3.8) is 0 Å². The van der Waals surface area contributed by atoms with Crippen LogP contribution in [-0.2, 0) is 16.1 Å². The number of amides is 2. The molecule has 0 aliphatic carbocycles. The Bertz CT molecular complexity index is 1110. The molecular weight excluding hydrogens is 521 g/mol. The molecule has 0 heterocycles. The smallest absolute Gasteiger partial charge is 0.344 e. The highest BCUT2D eigenvalue weighted by atomic mass is 35.5. The van der Waals surface area contributed by atoms with Crippen LogP contribution in [0.2, 0.25) is 10.0 Å². The maximum absolute atomic E-state index is 13.7. The second kappa shape index (κ2) is 11.3. The van der Waals surface area contributed by atoms with E-state index in [1.165, 1.54) is 41.7 Å². The number of carbonyl (C=O) groups excluding carboxylic acids is 2. The molecule has 190 valence electrons. The Balaban J connectivity index is 2.13. The van der Waals surface area contributed by atoms with Crippen molar-refractivity contribution in [1.29, 1.82) is 0 Å². The van der Waals surface area contributed by atoms with E-state index in [1.54, 1.807) is 13.8 Å². The van der Waals surface area contributed by atoms with Gasteiger partial charge in [0.1, 0.15) is 6.54 Å². The summed E-state index contributed by atoms with van der Waals surface area (Å²) in [6.07, 6.45) is -7.04. The van der Waals surface area contributed by atoms with Gasteiger partial charge in [0, 0.05) is 16.6 Å². The number of nitrogens with one attached hydrogen (secondary N) is 2. The van der Waals surface area contributed by atoms with Crippen molar-refractivity contribution in [3.8, 4) is 0 Å². The molecule has 2 N–H and O–H groups in total. The number of hydrogen-bond acceptors (Lipinski definition) is 2. The average Bonchev–Trinajstić information content (AvgIpc) is 2.73. The summed E-state index contributed by atoms with van der Waals surface area (Å²) in [4.78, 5) is 23.0. The van der Waals surface area contributed by atoms with Gasteiger partial charge in [-0.15, -0.1) is 0 Å². The number of hydrogen-bond donors (Lipinski definition) is 2. The van der Waals surface area contributed by atoms with Crippen molar-refractivity contribution >= 4 is 41.1 Å². The van der Waals surface area contributed by atoms with Gasteiger partial charge in [-0.25, -0.2) is 0 Å². The van der Waals surface area contributed by atoms with E-state index in [2.05, 4.69) is 5.32 Å². The van der Waals surface area contributed by atoms with E-state index in [-0.39, 0.29) is 22.2 Å². The molecular formula is C23H20Cl2F6N2O2. The summed E-state index contributed by atoms with van der Waals surface area (Å²) in [5.41, 5.74) is 1.92. The van der Waals surface area contributed by atoms with Crippen molar-refractivity contribution in [2.75, 3.05) is 6.54 Å². The van der Waals surface area contributed by atoms with Crippen LogP contribution in [0.4, 0.5) is 26.3 Å². The standard InChI is InChI=1S/C23H20Cl2F6N2O2/c1-12-7-16(9-18(24)13(12)2)17(23(29,30)31)6-4-14-3-5-15(19(25)8-14)10-32-20(34)21(35)33-11-22(26,27)28/h3-9,17H,10-11H2,1-2H3,(H,32,34)(H,33,35)/b6-4+. The van der Waals surface area contributed by atoms with Gasteiger partial charge in [0.25, 0.3) is 0 Å². The Labute approximate surface area is 207 Å². The van der Waals surface area contributed by atoms with Crippen molar-refractivity contribution in [2.45, 2.75) is 38.7 Å². The molecule has 0 aromatic heterocycles. The lowest BCUT2D eigenvalue weighted by atomic mass is 9.94. The quantitative estimate of drug-likeness (QED) is 0.335. The van der Waals surface area contributed by atoms with Crippen LogP contribution < -0.4 is 10.6 Å². The number of carbonyl (C=O) groups is 2. The van der Waals surface area contributed by atoms with Crippen LogP contribution in [0, 0.1) is 13.8 Å². The molecule has 1 atom stereocenters. The summed E-state index contributed by atoms with van der Waals surface area (Å²) in [6.45, 7) is 1.43. The lowest BCUT2D eigenvalue weighted by molar-refractivity contribution is -0.146. The van der Waals surface area contributed by atoms with Crippen molar-refractivity contribution in [3.05, 3.63) is 74.3 Å². The van der Waals surface area contributed by atoms with E-state index in [4.69, 9.17) is 23.2 Å². The molecule has 0 radical (unpaired) electrons. The Hall–Kier alpha value is -2.72. The van der Waals surface area contributed by atoms with Gasteiger partial charge < -0.3 is 10.6 Å². The Kier molecular flexibility index (Phi) is 9.24. The minimum Gasteiger partial charge on any atom is -0.344 e. The highest BCUT2D eigenvalue weighted by Gasteiger charge is 2.39. The number of rotatable bonds is 6. The average molecular weight is 541 g/mol. The van der Waals surface area contributed by atoms with Crippen LogP contribution in [0.5, 0.6) is 0 Å². The van der Waals surface area contributed by atoms with Crippen LogP contribution in [0.3, 0.4) is 0 Å². The molecule has 0 spiro atoms. The van der Waals surface area contributed by atoms with Crippen molar-refractivity contribution < 1.29 is 35.9 Å². The van der Waals surface area contributed by atoms with Gasteiger partial charge in [0.2, 0.25) is 0 Å². The number of halogens is 8.